The van der Waals surface area contributed by atoms with Crippen molar-refractivity contribution < 1.29 is 13.0 Å². The Morgan fingerprint density at radius 2 is 2.08 bits per heavy atom. The van der Waals surface area contributed by atoms with Gasteiger partial charge in [-0.15, -0.1) is 0 Å². The molecule has 0 aliphatic heterocycles. The molecular formula is C5H13NO3S3. The Hall–Kier alpha value is 0.570. The van der Waals surface area contributed by atoms with Gasteiger partial charge in [0.05, 0.1) is 0 Å². The minimum atomic E-state index is -3.91. The molecule has 0 fully saturated rings. The van der Waals surface area contributed by atoms with Gasteiger partial charge in [-0.3, -0.25) is 4.55 Å². The summed E-state index contributed by atoms with van der Waals surface area (Å²) in [6.07, 6.45) is 0. The van der Waals surface area contributed by atoms with Gasteiger partial charge in [-0.1, -0.05) is 0 Å². The molecule has 0 aromatic heterocycles. The largest absolute Gasteiger partial charge is 0.319 e. The third-order valence-electron chi connectivity index (χ3n) is 1.35. The van der Waals surface area contributed by atoms with Crippen molar-refractivity contribution in [2.75, 3.05) is 25.6 Å². The van der Waals surface area contributed by atoms with E-state index in [-0.39, 0.29) is 6.04 Å². The number of hydrogen-bond donors (Lipinski definition) is 2. The van der Waals surface area contributed by atoms with Crippen molar-refractivity contribution in [2.45, 2.75) is 6.04 Å². The predicted molar refractivity (Wildman–Crippen MR) is 55.3 cm³/mol. The first-order chi connectivity index (χ1) is 5.37. The van der Waals surface area contributed by atoms with Crippen molar-refractivity contribution >= 4 is 32.6 Å². The first-order valence-electron chi connectivity index (χ1n) is 3.26. The van der Waals surface area contributed by atoms with Crippen LogP contribution in [0.15, 0.2) is 0 Å². The van der Waals surface area contributed by atoms with Gasteiger partial charge in [0.2, 0.25) is 0 Å². The molecule has 0 radical (unpaired) electrons. The van der Waals surface area contributed by atoms with Gasteiger partial charge in [0.1, 0.15) is 0 Å². The molecule has 0 amide bonds. The van der Waals surface area contributed by atoms with E-state index in [1.807, 2.05) is 19.0 Å². The lowest BCUT2D eigenvalue weighted by Gasteiger charge is -2.20. The van der Waals surface area contributed by atoms with Crippen molar-refractivity contribution in [3.63, 3.8) is 0 Å². The number of hydrogen-bond acceptors (Lipinski definition) is 5. The first kappa shape index (κ1) is 12.6. The van der Waals surface area contributed by atoms with Gasteiger partial charge in [0.15, 0.2) is 0 Å². The summed E-state index contributed by atoms with van der Waals surface area (Å²) < 4.78 is 29.1. The molecule has 0 saturated heterocycles. The van der Waals surface area contributed by atoms with Crippen LogP contribution in [-0.2, 0) is 9.15 Å². The normalized spacial score (nSPS) is 15.1. The van der Waals surface area contributed by atoms with Crippen molar-refractivity contribution in [3.8, 4) is 0 Å². The third kappa shape index (κ3) is 6.13. The first-order valence-corrected chi connectivity index (χ1v) is 6.83. The summed E-state index contributed by atoms with van der Waals surface area (Å²) in [5, 5.41) is 0. The molecule has 74 valence electrons. The van der Waals surface area contributed by atoms with Gasteiger partial charge < -0.3 is 4.90 Å². The molecule has 4 nitrogen and oxygen atoms in total. The maximum absolute atomic E-state index is 10.3. The quantitative estimate of drug-likeness (QED) is 0.407. The Kier molecular flexibility index (Phi) is 5.59. The zero-order valence-electron chi connectivity index (χ0n) is 6.97. The predicted octanol–water partition coefficient (Wildman–Crippen LogP) is 0.382. The minimum absolute atomic E-state index is 0.0558. The summed E-state index contributed by atoms with van der Waals surface area (Å²) in [5.41, 5.74) is 0. The number of rotatable bonds is 5. The molecule has 0 aliphatic carbocycles. The van der Waals surface area contributed by atoms with E-state index in [0.29, 0.717) is 22.3 Å². The fourth-order valence-electron chi connectivity index (χ4n) is 0.530. The Bertz CT molecular complexity index is 214. The fourth-order valence-corrected chi connectivity index (χ4v) is 2.89. The Morgan fingerprint density at radius 3 is 2.33 bits per heavy atom. The summed E-state index contributed by atoms with van der Waals surface area (Å²) in [6, 6.07) is 0.0558. The van der Waals surface area contributed by atoms with E-state index in [0.717, 1.165) is 0 Å². The molecule has 0 aromatic carbocycles. The standard InChI is InChI=1S/C5H13NO3S3/c1-6(2)5(3-10)4-11-12(7,8)9/h5,10H,3-4H2,1-2H3,(H,7,8,9). The number of thiol groups is 1. The zero-order valence-corrected chi connectivity index (χ0v) is 9.49. The van der Waals surface area contributed by atoms with E-state index >= 15 is 0 Å². The molecule has 0 aliphatic rings. The lowest BCUT2D eigenvalue weighted by molar-refractivity contribution is 0.345. The van der Waals surface area contributed by atoms with E-state index < -0.39 is 9.15 Å². The van der Waals surface area contributed by atoms with Crippen LogP contribution < -0.4 is 0 Å². The topological polar surface area (TPSA) is 57.6 Å². The van der Waals surface area contributed by atoms with E-state index in [2.05, 4.69) is 12.6 Å². The molecular weight excluding hydrogens is 218 g/mol. The number of nitrogens with zero attached hydrogens (tertiary/aromatic N) is 1. The Balaban J connectivity index is 3.90. The van der Waals surface area contributed by atoms with Gasteiger partial charge in [-0.25, -0.2) is 0 Å². The summed E-state index contributed by atoms with van der Waals surface area (Å²) in [7, 11) is 0.303. The smallest absolute Gasteiger partial charge is 0.305 e. The lowest BCUT2D eigenvalue weighted by Crippen LogP contribution is -2.32. The van der Waals surface area contributed by atoms with Crippen LogP contribution in [0, 0.1) is 0 Å². The lowest BCUT2D eigenvalue weighted by atomic mass is 10.4. The average molecular weight is 231 g/mol. The minimum Gasteiger partial charge on any atom is -0.305 e. The van der Waals surface area contributed by atoms with Gasteiger partial charge in [-0.2, -0.15) is 21.0 Å². The highest BCUT2D eigenvalue weighted by Gasteiger charge is 2.14. The van der Waals surface area contributed by atoms with Crippen LogP contribution in [-0.4, -0.2) is 49.5 Å². The van der Waals surface area contributed by atoms with E-state index in [4.69, 9.17) is 4.55 Å². The molecule has 1 atom stereocenters. The van der Waals surface area contributed by atoms with Crippen molar-refractivity contribution in [2.24, 2.45) is 0 Å². The van der Waals surface area contributed by atoms with Gasteiger partial charge in [0, 0.05) is 17.5 Å². The SMILES string of the molecule is CN(C)C(CS)CSS(=O)(=O)O. The van der Waals surface area contributed by atoms with Crippen molar-refractivity contribution in [1.29, 1.82) is 0 Å². The Labute approximate surface area is 82.3 Å². The Morgan fingerprint density at radius 1 is 1.58 bits per heavy atom. The molecule has 0 saturated carbocycles. The van der Waals surface area contributed by atoms with E-state index in [1.165, 1.54) is 0 Å². The van der Waals surface area contributed by atoms with E-state index in [9.17, 15) is 8.42 Å². The highest BCUT2D eigenvalue weighted by Crippen LogP contribution is 2.13. The molecule has 1 N–H and O–H groups in total. The molecule has 7 heteroatoms. The fraction of sp³-hybridized carbons (Fsp3) is 1.00. The molecule has 0 aromatic rings. The summed E-state index contributed by atoms with van der Waals surface area (Å²) >= 11 is 4.05. The second-order valence-electron chi connectivity index (χ2n) is 2.51. The van der Waals surface area contributed by atoms with Crippen LogP contribution >= 0.6 is 23.4 Å². The van der Waals surface area contributed by atoms with Crippen LogP contribution in [0.25, 0.3) is 0 Å². The van der Waals surface area contributed by atoms with E-state index in [1.54, 1.807) is 0 Å². The molecule has 0 bridgehead atoms. The van der Waals surface area contributed by atoms with Crippen LogP contribution in [0.1, 0.15) is 0 Å². The summed E-state index contributed by atoms with van der Waals surface area (Å²) in [5.74, 6) is 0.894. The van der Waals surface area contributed by atoms with Gasteiger partial charge >= 0.3 is 9.15 Å². The van der Waals surface area contributed by atoms with Crippen LogP contribution in [0.5, 0.6) is 0 Å². The summed E-state index contributed by atoms with van der Waals surface area (Å²) in [4.78, 5) is 1.87. The highest BCUT2D eigenvalue weighted by molar-refractivity contribution is 8.69. The maximum atomic E-state index is 10.3. The van der Waals surface area contributed by atoms with Gasteiger partial charge in [0.25, 0.3) is 0 Å². The second-order valence-corrected chi connectivity index (χ2v) is 6.27. The molecule has 0 heterocycles. The van der Waals surface area contributed by atoms with Gasteiger partial charge in [-0.05, 0) is 24.9 Å². The maximum Gasteiger partial charge on any atom is 0.319 e. The average Bonchev–Trinajstić information content (AvgIpc) is 1.85. The monoisotopic (exact) mass is 231 g/mol. The third-order valence-corrected chi connectivity index (χ3v) is 3.89. The molecule has 1 unspecified atom stereocenters. The second kappa shape index (κ2) is 5.33. The molecule has 0 rings (SSSR count). The molecule has 0 spiro atoms. The highest BCUT2D eigenvalue weighted by atomic mass is 33.1. The molecule has 12 heavy (non-hydrogen) atoms. The van der Waals surface area contributed by atoms with Crippen molar-refractivity contribution in [3.05, 3.63) is 0 Å². The van der Waals surface area contributed by atoms with Crippen LogP contribution in [0.2, 0.25) is 0 Å². The van der Waals surface area contributed by atoms with Crippen molar-refractivity contribution in [1.82, 2.24) is 4.90 Å². The van der Waals surface area contributed by atoms with Crippen LogP contribution in [0.3, 0.4) is 0 Å². The zero-order chi connectivity index (χ0) is 9.78. The summed E-state index contributed by atoms with van der Waals surface area (Å²) in [6.45, 7) is 0. The van der Waals surface area contributed by atoms with Crippen LogP contribution in [0.4, 0.5) is 0 Å².